The van der Waals surface area contributed by atoms with Crippen LogP contribution in [0.25, 0.3) is 23.5 Å². The van der Waals surface area contributed by atoms with Crippen LogP contribution in [0.2, 0.25) is 0 Å². The average Bonchev–Trinajstić information content (AvgIpc) is 1.53. The molecule has 3 aliphatic heterocycles. The Morgan fingerprint density at radius 2 is 1.49 bits per heavy atom. The summed E-state index contributed by atoms with van der Waals surface area (Å²) in [6.45, 7) is 0.721. The molecule has 92 heavy (non-hydrogen) atoms. The summed E-state index contributed by atoms with van der Waals surface area (Å²) in [6.07, 6.45) is 13.8. The number of amides is 5. The Labute approximate surface area is 543 Å². The molecule has 6 N–H and O–H groups in total. The molecule has 29 heteroatoms. The van der Waals surface area contributed by atoms with E-state index in [4.69, 9.17) is 14.8 Å². The van der Waals surface area contributed by atoms with Crippen molar-refractivity contribution in [1.82, 2.24) is 35.4 Å². The number of H-pyrrole nitrogens is 1. The summed E-state index contributed by atoms with van der Waals surface area (Å²) in [4.78, 5) is 87.5. The molecule has 5 heterocycles. The monoisotopic (exact) mass is 1330 g/mol. The van der Waals surface area contributed by atoms with Gasteiger partial charge in [0.25, 0.3) is 21.9 Å². The predicted molar refractivity (Wildman–Crippen MR) is 349 cm³/mol. The first kappa shape index (κ1) is 74.5. The number of nitrogens with zero attached hydrogens (tertiary/aromatic N) is 6. The fraction of sp³-hybridized carbons (Fsp3) is 0.571. The highest BCUT2D eigenvalue weighted by atomic mass is 32.2. The van der Waals surface area contributed by atoms with E-state index in [1.54, 1.807) is 66.8 Å². The van der Waals surface area contributed by atoms with Gasteiger partial charge in [0, 0.05) is 97.5 Å². The Morgan fingerprint density at radius 1 is 0.815 bits per heavy atom. The molecule has 508 valence electrons. The van der Waals surface area contributed by atoms with Crippen LogP contribution in [-0.2, 0) is 59.5 Å². The van der Waals surface area contributed by atoms with Gasteiger partial charge in [-0.05, 0) is 152 Å². The van der Waals surface area contributed by atoms with Crippen LogP contribution in [0.3, 0.4) is 0 Å². The predicted octanol–water partition coefficient (Wildman–Crippen LogP) is 7.24. The van der Waals surface area contributed by atoms with Crippen molar-refractivity contribution in [2.45, 2.75) is 135 Å². The van der Waals surface area contributed by atoms with Crippen molar-refractivity contribution in [2.75, 3.05) is 100 Å². The fourth-order valence-electron chi connectivity index (χ4n) is 11.1. The van der Waals surface area contributed by atoms with Gasteiger partial charge in [-0.2, -0.15) is 8.42 Å². The number of rotatable bonds is 42. The molecule has 3 aromatic rings. The van der Waals surface area contributed by atoms with E-state index in [2.05, 4.69) is 77.5 Å². The van der Waals surface area contributed by atoms with Crippen molar-refractivity contribution < 1.29 is 88.0 Å². The first-order valence-electron chi connectivity index (χ1n) is 31.7. The number of carbonyl (C=O) groups excluding carboxylic acids is 6. The molecule has 0 saturated carbocycles. The standard InChI is InChI=1S/C63H93BF2N10O14S2/c1-46-25-32-52(68-46)57-44-49(19-17-41-91-90-89-83)56-45-55-48(20-18-42-92(84,85)86)43-50(72(55)64(65,66)73(56)57)29-26-47-27-30-51(31-28-47)87-40-16-23-58(77)69-54(22-12-15-39-76(6,7)8)63(82)70-53(21-11-14-38-75(3,4)5)62(81)67-35-37-71(2)36-13-9-10-24-61(80)88-74-59(78)33-34-60(74)79/h25-32,43-45,53-54,68H,9-24,33-42H2,1-8H3,(H3-2,67,69,70,77,81,82,83,84,85,86)/p+2/b29-26+. The van der Waals surface area contributed by atoms with E-state index in [-0.39, 0.29) is 74.0 Å². The number of allylic oxidation sites excluding steroid dienone is 3. The Bertz CT molecular complexity index is 3250. The van der Waals surface area contributed by atoms with Gasteiger partial charge in [0.15, 0.2) is 11.4 Å². The van der Waals surface area contributed by atoms with Crippen molar-refractivity contribution in [3.8, 4) is 17.1 Å². The molecular formula is C63H95BF2N10O14S2+2. The summed E-state index contributed by atoms with van der Waals surface area (Å²) in [5.41, 5.74) is 4.05. The molecule has 3 aliphatic rings. The summed E-state index contributed by atoms with van der Waals surface area (Å²) in [6, 6.07) is 10.5. The van der Waals surface area contributed by atoms with E-state index in [0.29, 0.717) is 122 Å². The molecule has 2 atom stereocenters. The molecule has 2 aromatic heterocycles. The highest BCUT2D eigenvalue weighted by Gasteiger charge is 2.54. The topological polar surface area (TPSA) is 280 Å². The number of likely N-dealkylation sites (N-methyl/N-ethyl adjacent to an activating group) is 1. The normalized spacial score (nSPS) is 15.6. The maximum atomic E-state index is 17.5. The lowest BCUT2D eigenvalue weighted by molar-refractivity contribution is -0.870. The third-order valence-corrected chi connectivity index (χ3v) is 17.4. The number of hydrogen-bond donors (Lipinski definition) is 6. The largest absolute Gasteiger partial charge is 0.737 e. The highest BCUT2D eigenvalue weighted by molar-refractivity contribution is 7.94. The van der Waals surface area contributed by atoms with Gasteiger partial charge in [0.1, 0.15) is 17.8 Å². The molecule has 2 unspecified atom stereocenters. The van der Waals surface area contributed by atoms with Crippen molar-refractivity contribution in [3.05, 3.63) is 88.4 Å². The van der Waals surface area contributed by atoms with Gasteiger partial charge >= 0.3 is 12.9 Å². The van der Waals surface area contributed by atoms with E-state index >= 15 is 8.63 Å². The number of fused-ring (bicyclic) bond motifs is 2. The second-order valence-electron chi connectivity index (χ2n) is 25.9. The molecule has 24 nitrogen and oxygen atoms in total. The maximum absolute atomic E-state index is 17.5. The van der Waals surface area contributed by atoms with Crippen molar-refractivity contribution in [3.63, 3.8) is 0 Å². The third kappa shape index (κ3) is 24.1. The highest BCUT2D eigenvalue weighted by Crippen LogP contribution is 2.42. The number of unbranched alkanes of at least 4 members (excludes halogenated alkanes) is 4. The van der Waals surface area contributed by atoms with Gasteiger partial charge in [0.2, 0.25) is 17.7 Å². The number of aromatic amines is 1. The van der Waals surface area contributed by atoms with Gasteiger partial charge in [-0.3, -0.25) is 28.5 Å². The Hall–Kier alpha value is -6.57. The zero-order chi connectivity index (χ0) is 67.2. The third-order valence-electron chi connectivity index (χ3n) is 15.9. The molecule has 6 rings (SSSR count). The van der Waals surface area contributed by atoms with E-state index < -0.39 is 58.6 Å². The smallest absolute Gasteiger partial charge is 0.494 e. The van der Waals surface area contributed by atoms with Crippen molar-refractivity contribution >= 4 is 82.5 Å². The molecule has 0 bridgehead atoms. The van der Waals surface area contributed by atoms with Gasteiger partial charge < -0.3 is 62.0 Å². The molecule has 5 amide bonds. The lowest BCUT2D eigenvalue weighted by Crippen LogP contribution is -2.54. The van der Waals surface area contributed by atoms with E-state index in [1.807, 2.05) is 14.0 Å². The van der Waals surface area contributed by atoms with Crippen LogP contribution in [0, 0.1) is 6.92 Å². The first-order chi connectivity index (χ1) is 43.5. The number of aromatic nitrogens is 2. The zero-order valence-electron chi connectivity index (χ0n) is 54.5. The number of aryl methyl sites for hydroxylation is 2. The van der Waals surface area contributed by atoms with Crippen LogP contribution < -0.4 is 20.7 Å². The van der Waals surface area contributed by atoms with Crippen molar-refractivity contribution in [1.29, 1.82) is 0 Å². The Morgan fingerprint density at radius 3 is 2.12 bits per heavy atom. The summed E-state index contributed by atoms with van der Waals surface area (Å²) in [7, 11) is 10.2. The molecule has 0 radical (unpaired) electrons. The number of hydrogen-bond acceptors (Lipinski definition) is 15. The number of halogens is 2. The van der Waals surface area contributed by atoms with Crippen LogP contribution in [-0.4, -0.2) is 212 Å². The SMILES string of the molecule is Cc1ccc(-c2cc(CCCSOOO)c3n2[B-](F)(F)[N+]2=C(/C=C/c4ccc(OCCCC(=O)NC(CCCC[N+](C)(C)C)C(=O)NC(CCCC[N+](C)(C)C)C(=O)NCCN(C)CCCCCC(=O)ON5C(=O)CCC5=O)cc4)C=C(CCCS(=O)(=O)O)C2=C3)[nH]1. The number of hydroxylamine groups is 2. The zero-order valence-corrected chi connectivity index (χ0v) is 56.1. The minimum atomic E-state index is -4.56. The van der Waals surface area contributed by atoms with E-state index in [9.17, 15) is 41.7 Å². The van der Waals surface area contributed by atoms with Crippen LogP contribution in [0.15, 0.2) is 65.9 Å². The average molecular weight is 1330 g/mol. The lowest BCUT2D eigenvalue weighted by atomic mass is 9.88. The lowest BCUT2D eigenvalue weighted by Gasteiger charge is -2.31. The second kappa shape index (κ2) is 35.1. The first-order valence-corrected chi connectivity index (χ1v) is 34.2. The van der Waals surface area contributed by atoms with Crippen LogP contribution in [0.1, 0.15) is 132 Å². The molecule has 1 aromatic carbocycles. The summed E-state index contributed by atoms with van der Waals surface area (Å²) >= 11 is 0.871. The summed E-state index contributed by atoms with van der Waals surface area (Å²) in [5, 5.41) is 21.7. The minimum Gasteiger partial charge on any atom is -0.494 e. The number of nitrogens with one attached hydrogen (secondary N) is 4. The molecule has 1 saturated heterocycles. The van der Waals surface area contributed by atoms with E-state index in [1.165, 1.54) is 0 Å². The van der Waals surface area contributed by atoms with Gasteiger partial charge in [0.05, 0.1) is 73.4 Å². The summed E-state index contributed by atoms with van der Waals surface area (Å²) in [5.74, 6) is -2.41. The number of benzene rings is 1. The molecular weight excluding hydrogens is 1230 g/mol. The number of imide groups is 1. The van der Waals surface area contributed by atoms with Crippen LogP contribution in [0.5, 0.6) is 5.75 Å². The number of quaternary nitrogens is 2. The van der Waals surface area contributed by atoms with E-state index in [0.717, 1.165) is 68.0 Å². The fourth-order valence-corrected chi connectivity index (χ4v) is 12.0. The summed E-state index contributed by atoms with van der Waals surface area (Å²) < 4.78 is 82.1. The van der Waals surface area contributed by atoms with Crippen LogP contribution >= 0.6 is 12.0 Å². The number of carbonyl (C=O) groups is 6. The molecule has 1 fully saturated rings. The maximum Gasteiger partial charge on any atom is 0.737 e. The van der Waals surface area contributed by atoms with Gasteiger partial charge in [-0.1, -0.05) is 23.6 Å². The quantitative estimate of drug-likeness (QED) is 0.00476. The Balaban J connectivity index is 1.05. The Kier molecular flexibility index (Phi) is 28.4. The second-order valence-corrected chi connectivity index (χ2v) is 28.3. The number of ether oxygens (including phenoxy) is 1. The minimum absolute atomic E-state index is 0.00656. The van der Waals surface area contributed by atoms with Crippen molar-refractivity contribution in [2.24, 2.45) is 0 Å². The van der Waals surface area contributed by atoms with Gasteiger partial charge in [-0.15, -0.1) is 9.40 Å². The molecule has 0 spiro atoms. The van der Waals surface area contributed by atoms with Crippen LogP contribution in [0.4, 0.5) is 8.63 Å². The molecule has 0 aliphatic carbocycles. The van der Waals surface area contributed by atoms with Gasteiger partial charge in [-0.25, -0.2) is 10.1 Å².